The lowest BCUT2D eigenvalue weighted by Crippen LogP contribution is -2.50. The van der Waals surface area contributed by atoms with Gasteiger partial charge < -0.3 is 11.1 Å². The number of carbonyl (C=O) groups is 1. The van der Waals surface area contributed by atoms with Crippen LogP contribution in [-0.4, -0.2) is 11.4 Å². The van der Waals surface area contributed by atoms with Gasteiger partial charge in [0.15, 0.2) is 0 Å². The van der Waals surface area contributed by atoms with Gasteiger partial charge in [-0.25, -0.2) is 0 Å². The van der Waals surface area contributed by atoms with E-state index in [4.69, 9.17) is 5.73 Å². The van der Waals surface area contributed by atoms with Gasteiger partial charge in [-0.2, -0.15) is 0 Å². The minimum absolute atomic E-state index is 0.0837. The Morgan fingerprint density at radius 3 is 2.71 bits per heavy atom. The summed E-state index contributed by atoms with van der Waals surface area (Å²) in [7, 11) is 0. The summed E-state index contributed by atoms with van der Waals surface area (Å²) in [5, 5.41) is 2.90. The molecule has 0 aromatic heterocycles. The zero-order chi connectivity index (χ0) is 12.6. The van der Waals surface area contributed by atoms with Gasteiger partial charge in [0.1, 0.15) is 0 Å². The molecule has 0 saturated heterocycles. The fourth-order valence-electron chi connectivity index (χ4n) is 1.80. The molecule has 4 heteroatoms. The number of benzene rings is 1. The number of nitrogens with two attached hydrogens (primary N) is 1. The van der Waals surface area contributed by atoms with Crippen molar-refractivity contribution in [2.45, 2.75) is 32.2 Å². The molecule has 3 N–H and O–H groups in total. The maximum absolute atomic E-state index is 12.1. The predicted molar refractivity (Wildman–Crippen MR) is 77.8 cm³/mol. The molecule has 0 bridgehead atoms. The first kappa shape index (κ1) is 12.8. The van der Waals surface area contributed by atoms with Crippen LogP contribution in [0.25, 0.3) is 0 Å². The summed E-state index contributed by atoms with van der Waals surface area (Å²) in [4.78, 5) is 12.1. The van der Waals surface area contributed by atoms with Crippen LogP contribution < -0.4 is 11.1 Å². The molecule has 92 valence electrons. The van der Waals surface area contributed by atoms with Crippen molar-refractivity contribution in [3.63, 3.8) is 0 Å². The van der Waals surface area contributed by atoms with Gasteiger partial charge >= 0.3 is 0 Å². The highest BCUT2D eigenvalue weighted by Gasteiger charge is 2.44. The third-order valence-electron chi connectivity index (χ3n) is 3.34. The van der Waals surface area contributed by atoms with E-state index in [-0.39, 0.29) is 5.91 Å². The molecule has 2 rings (SSSR count). The van der Waals surface area contributed by atoms with Crippen LogP contribution in [0, 0.1) is 16.4 Å². The van der Waals surface area contributed by atoms with Crippen LogP contribution in [0.1, 0.15) is 25.3 Å². The zero-order valence-electron chi connectivity index (χ0n) is 10.1. The number of hydrogen-bond donors (Lipinski definition) is 2. The lowest BCUT2D eigenvalue weighted by molar-refractivity contribution is -0.121. The van der Waals surface area contributed by atoms with Crippen molar-refractivity contribution in [3.8, 4) is 0 Å². The Morgan fingerprint density at radius 2 is 2.18 bits per heavy atom. The first-order valence-electron chi connectivity index (χ1n) is 5.77. The minimum Gasteiger partial charge on any atom is -0.324 e. The van der Waals surface area contributed by atoms with Gasteiger partial charge in [0, 0.05) is 9.26 Å². The molecule has 0 aliphatic heterocycles. The molecule has 17 heavy (non-hydrogen) atoms. The van der Waals surface area contributed by atoms with Crippen LogP contribution in [-0.2, 0) is 4.79 Å². The molecule has 0 heterocycles. The van der Waals surface area contributed by atoms with E-state index in [1.807, 2.05) is 32.0 Å². The number of rotatable bonds is 3. The van der Waals surface area contributed by atoms with Gasteiger partial charge in [-0.05, 0) is 72.9 Å². The second kappa shape index (κ2) is 4.57. The summed E-state index contributed by atoms with van der Waals surface area (Å²) >= 11 is 2.26. The van der Waals surface area contributed by atoms with Gasteiger partial charge in [-0.3, -0.25) is 4.79 Å². The van der Waals surface area contributed by atoms with E-state index in [0.717, 1.165) is 22.1 Å². The molecule has 1 saturated carbocycles. The maximum Gasteiger partial charge on any atom is 0.244 e. The van der Waals surface area contributed by atoms with Crippen molar-refractivity contribution >= 4 is 34.2 Å². The van der Waals surface area contributed by atoms with Crippen LogP contribution in [0.3, 0.4) is 0 Å². The molecule has 1 aliphatic carbocycles. The van der Waals surface area contributed by atoms with Gasteiger partial charge in [0.25, 0.3) is 0 Å². The van der Waals surface area contributed by atoms with Crippen molar-refractivity contribution in [3.05, 3.63) is 27.3 Å². The topological polar surface area (TPSA) is 55.1 Å². The van der Waals surface area contributed by atoms with Crippen LogP contribution in [0.4, 0.5) is 5.69 Å². The Morgan fingerprint density at radius 1 is 1.53 bits per heavy atom. The number of carbonyl (C=O) groups excluding carboxylic acids is 1. The number of hydrogen-bond acceptors (Lipinski definition) is 2. The van der Waals surface area contributed by atoms with Crippen molar-refractivity contribution in [1.29, 1.82) is 0 Å². The Kier molecular flexibility index (Phi) is 3.45. The fourth-order valence-corrected chi connectivity index (χ4v) is 2.32. The van der Waals surface area contributed by atoms with Gasteiger partial charge in [0.05, 0.1) is 5.54 Å². The minimum atomic E-state index is -0.740. The highest BCUT2D eigenvalue weighted by Crippen LogP contribution is 2.38. The third kappa shape index (κ3) is 2.80. The van der Waals surface area contributed by atoms with Crippen LogP contribution in [0.2, 0.25) is 0 Å². The normalized spacial score (nSPS) is 18.6. The summed E-state index contributed by atoms with van der Waals surface area (Å²) in [5.41, 5.74) is 7.36. The van der Waals surface area contributed by atoms with E-state index < -0.39 is 5.54 Å². The first-order chi connectivity index (χ1) is 7.91. The van der Waals surface area contributed by atoms with Gasteiger partial charge in [0.2, 0.25) is 5.91 Å². The van der Waals surface area contributed by atoms with Crippen molar-refractivity contribution in [2.75, 3.05) is 5.32 Å². The standard InChI is InChI=1S/C13H17IN2O/c1-8-3-6-10(7-11(8)14)16-12(17)13(2,15)9-4-5-9/h3,6-7,9H,4-5,15H2,1-2H3,(H,16,17). The summed E-state index contributed by atoms with van der Waals surface area (Å²) in [5.74, 6) is 0.256. The quantitative estimate of drug-likeness (QED) is 0.829. The lowest BCUT2D eigenvalue weighted by atomic mass is 9.96. The van der Waals surface area contributed by atoms with E-state index >= 15 is 0 Å². The average molecular weight is 344 g/mol. The Labute approximate surface area is 115 Å². The van der Waals surface area contributed by atoms with Crippen LogP contribution >= 0.6 is 22.6 Å². The SMILES string of the molecule is Cc1ccc(NC(=O)C(C)(N)C2CC2)cc1I. The molecule has 1 unspecified atom stereocenters. The predicted octanol–water partition coefficient (Wildman–Crippen LogP) is 2.67. The van der Waals surface area contributed by atoms with Crippen molar-refractivity contribution in [1.82, 2.24) is 0 Å². The summed E-state index contributed by atoms with van der Waals surface area (Å²) in [6.07, 6.45) is 2.12. The molecular weight excluding hydrogens is 327 g/mol. The zero-order valence-corrected chi connectivity index (χ0v) is 12.2. The summed E-state index contributed by atoms with van der Waals surface area (Å²) in [6.45, 7) is 3.86. The number of nitrogens with one attached hydrogen (secondary N) is 1. The largest absolute Gasteiger partial charge is 0.324 e. The number of anilines is 1. The second-order valence-corrected chi connectivity index (χ2v) is 6.14. The molecular formula is C13H17IN2O. The third-order valence-corrected chi connectivity index (χ3v) is 4.51. The summed E-state index contributed by atoms with van der Waals surface area (Å²) < 4.78 is 1.14. The summed E-state index contributed by atoms with van der Waals surface area (Å²) in [6, 6.07) is 5.89. The smallest absolute Gasteiger partial charge is 0.244 e. The van der Waals surface area contributed by atoms with Crippen LogP contribution in [0.5, 0.6) is 0 Å². The van der Waals surface area contributed by atoms with Gasteiger partial charge in [-0.1, -0.05) is 6.07 Å². The second-order valence-electron chi connectivity index (χ2n) is 4.98. The molecule has 0 radical (unpaired) electrons. The molecule has 1 atom stereocenters. The number of amides is 1. The van der Waals surface area contributed by atoms with E-state index in [2.05, 4.69) is 27.9 Å². The molecule has 1 aromatic carbocycles. The average Bonchev–Trinajstić information content (AvgIpc) is 3.07. The van der Waals surface area contributed by atoms with Crippen molar-refractivity contribution < 1.29 is 4.79 Å². The first-order valence-corrected chi connectivity index (χ1v) is 6.85. The van der Waals surface area contributed by atoms with Gasteiger partial charge in [-0.15, -0.1) is 0 Å². The number of halogens is 1. The molecule has 0 spiro atoms. The highest BCUT2D eigenvalue weighted by atomic mass is 127. The van der Waals surface area contributed by atoms with Crippen LogP contribution in [0.15, 0.2) is 18.2 Å². The Bertz CT molecular complexity index is 453. The fraction of sp³-hybridized carbons (Fsp3) is 0.462. The Hall–Kier alpha value is -0.620. The molecule has 1 fully saturated rings. The maximum atomic E-state index is 12.1. The molecule has 1 amide bonds. The van der Waals surface area contributed by atoms with E-state index in [0.29, 0.717) is 5.92 Å². The van der Waals surface area contributed by atoms with E-state index in [9.17, 15) is 4.79 Å². The molecule has 1 aromatic rings. The lowest BCUT2D eigenvalue weighted by Gasteiger charge is -2.23. The number of aryl methyl sites for hydroxylation is 1. The van der Waals surface area contributed by atoms with Crippen molar-refractivity contribution in [2.24, 2.45) is 11.7 Å². The molecule has 3 nitrogen and oxygen atoms in total. The monoisotopic (exact) mass is 344 g/mol. The Balaban J connectivity index is 2.10. The van der Waals surface area contributed by atoms with E-state index in [1.54, 1.807) is 0 Å². The molecule has 1 aliphatic rings. The van der Waals surface area contributed by atoms with E-state index in [1.165, 1.54) is 5.56 Å². The highest BCUT2D eigenvalue weighted by molar-refractivity contribution is 14.1.